The van der Waals surface area contributed by atoms with E-state index in [1.165, 1.54) is 5.56 Å². The molecule has 0 spiro atoms. The largest absolute Gasteiger partial charge is 0.488 e. The van der Waals surface area contributed by atoms with Crippen LogP contribution in [0.25, 0.3) is 11.0 Å². The molecule has 2 heterocycles. The fourth-order valence-corrected chi connectivity index (χ4v) is 3.78. The van der Waals surface area contributed by atoms with Crippen molar-refractivity contribution < 1.29 is 9.47 Å². The number of hydrogen-bond donors (Lipinski definition) is 3. The van der Waals surface area contributed by atoms with Crippen molar-refractivity contribution in [3.8, 4) is 5.75 Å². The van der Waals surface area contributed by atoms with Crippen LogP contribution in [0.15, 0.2) is 47.5 Å². The van der Waals surface area contributed by atoms with Gasteiger partial charge in [-0.25, -0.2) is 9.98 Å². The van der Waals surface area contributed by atoms with Gasteiger partial charge in [-0.15, -0.1) is 0 Å². The summed E-state index contributed by atoms with van der Waals surface area (Å²) in [5, 5.41) is 6.77. The molecule has 1 fully saturated rings. The first kappa shape index (κ1) is 22.1. The number of guanidine groups is 1. The number of fused-ring (bicyclic) bond motifs is 1. The van der Waals surface area contributed by atoms with Crippen molar-refractivity contribution >= 4 is 17.0 Å². The highest BCUT2D eigenvalue weighted by molar-refractivity contribution is 5.79. The number of aromatic nitrogens is 2. The van der Waals surface area contributed by atoms with Crippen molar-refractivity contribution in [3.63, 3.8) is 0 Å². The van der Waals surface area contributed by atoms with E-state index in [9.17, 15) is 0 Å². The Bertz CT molecular complexity index is 1010. The van der Waals surface area contributed by atoms with Gasteiger partial charge in [0.2, 0.25) is 0 Å². The smallest absolute Gasteiger partial charge is 0.191 e. The average Bonchev–Trinajstić information content (AvgIpc) is 3.45. The topological polar surface area (TPSA) is 83.6 Å². The molecule has 0 bridgehead atoms. The van der Waals surface area contributed by atoms with Crippen LogP contribution in [-0.2, 0) is 17.7 Å². The highest BCUT2D eigenvalue weighted by Gasteiger charge is 2.18. The Hall–Kier alpha value is -3.06. The summed E-state index contributed by atoms with van der Waals surface area (Å²) in [5.74, 6) is 2.74. The molecule has 1 aromatic heterocycles. The van der Waals surface area contributed by atoms with Gasteiger partial charge in [0.1, 0.15) is 17.7 Å². The van der Waals surface area contributed by atoms with Crippen molar-refractivity contribution in [2.75, 3.05) is 26.3 Å². The van der Waals surface area contributed by atoms with Gasteiger partial charge in [-0.05, 0) is 44.0 Å². The van der Waals surface area contributed by atoms with Crippen LogP contribution in [0.5, 0.6) is 5.75 Å². The predicted molar refractivity (Wildman–Crippen MR) is 128 cm³/mol. The Morgan fingerprint density at radius 2 is 2.16 bits per heavy atom. The first-order chi connectivity index (χ1) is 15.7. The molecule has 0 amide bonds. The lowest BCUT2D eigenvalue weighted by Crippen LogP contribution is -2.37. The number of aryl methyl sites for hydroxylation is 2. The summed E-state index contributed by atoms with van der Waals surface area (Å²) in [6.45, 7) is 7.77. The number of aromatic amines is 1. The van der Waals surface area contributed by atoms with E-state index >= 15 is 0 Å². The fraction of sp³-hybridized carbons (Fsp3) is 0.440. The van der Waals surface area contributed by atoms with E-state index in [1.54, 1.807) is 0 Å². The molecule has 2 aromatic carbocycles. The second kappa shape index (κ2) is 11.0. The SMILES string of the molecule is CCNC(=NCc1ccc(C)cc1OC1CCOC1)NCCCc1nc2ccccc2[nH]1. The Kier molecular flexibility index (Phi) is 7.61. The van der Waals surface area contributed by atoms with Gasteiger partial charge in [0, 0.05) is 31.5 Å². The standard InChI is InChI=1S/C25H33N5O2/c1-3-26-25(27-13-6-9-24-29-21-7-4-5-8-22(21)30-24)28-16-19-11-10-18(2)15-23(19)32-20-12-14-31-17-20/h4-5,7-8,10-11,15,20H,3,6,9,12-14,16-17H2,1-2H3,(H,29,30)(H2,26,27,28). The van der Waals surface area contributed by atoms with Crippen LogP contribution in [0.4, 0.5) is 0 Å². The van der Waals surface area contributed by atoms with Crippen molar-refractivity contribution in [1.82, 2.24) is 20.6 Å². The van der Waals surface area contributed by atoms with E-state index in [-0.39, 0.29) is 6.10 Å². The summed E-state index contributed by atoms with van der Waals surface area (Å²) in [6, 6.07) is 14.4. The molecule has 0 aliphatic carbocycles. The van der Waals surface area contributed by atoms with Gasteiger partial charge < -0.3 is 25.1 Å². The highest BCUT2D eigenvalue weighted by Crippen LogP contribution is 2.24. The first-order valence-electron chi connectivity index (χ1n) is 11.5. The monoisotopic (exact) mass is 435 g/mol. The zero-order valence-corrected chi connectivity index (χ0v) is 19.0. The Labute approximate surface area is 189 Å². The Morgan fingerprint density at radius 1 is 1.25 bits per heavy atom. The maximum Gasteiger partial charge on any atom is 0.191 e. The van der Waals surface area contributed by atoms with E-state index in [1.807, 2.05) is 18.2 Å². The molecular formula is C25H33N5O2. The van der Waals surface area contributed by atoms with E-state index in [0.29, 0.717) is 13.2 Å². The number of rotatable bonds is 9. The maximum absolute atomic E-state index is 6.21. The zero-order valence-electron chi connectivity index (χ0n) is 19.0. The van der Waals surface area contributed by atoms with Crippen LogP contribution in [0, 0.1) is 6.92 Å². The minimum absolute atomic E-state index is 0.129. The summed E-state index contributed by atoms with van der Waals surface area (Å²) in [6.07, 6.45) is 2.92. The van der Waals surface area contributed by atoms with Crippen LogP contribution < -0.4 is 15.4 Å². The molecule has 3 aromatic rings. The molecule has 7 heteroatoms. The second-order valence-electron chi connectivity index (χ2n) is 8.14. The van der Waals surface area contributed by atoms with Gasteiger partial charge in [-0.3, -0.25) is 0 Å². The van der Waals surface area contributed by atoms with Crippen LogP contribution in [-0.4, -0.2) is 48.3 Å². The van der Waals surface area contributed by atoms with Gasteiger partial charge >= 0.3 is 0 Å². The number of nitrogens with one attached hydrogen (secondary N) is 3. The van der Waals surface area contributed by atoms with Crippen LogP contribution >= 0.6 is 0 Å². The van der Waals surface area contributed by atoms with E-state index < -0.39 is 0 Å². The molecule has 0 radical (unpaired) electrons. The first-order valence-corrected chi connectivity index (χ1v) is 11.5. The summed E-state index contributed by atoms with van der Waals surface area (Å²) >= 11 is 0. The fourth-order valence-electron chi connectivity index (χ4n) is 3.78. The number of para-hydroxylation sites is 2. The third-order valence-corrected chi connectivity index (χ3v) is 5.48. The van der Waals surface area contributed by atoms with E-state index in [0.717, 1.165) is 73.1 Å². The van der Waals surface area contributed by atoms with Crippen LogP contribution in [0.2, 0.25) is 0 Å². The lowest BCUT2D eigenvalue weighted by Gasteiger charge is -2.16. The predicted octanol–water partition coefficient (Wildman–Crippen LogP) is 3.73. The van der Waals surface area contributed by atoms with Crippen LogP contribution in [0.1, 0.15) is 36.7 Å². The molecule has 3 N–H and O–H groups in total. The molecule has 7 nitrogen and oxygen atoms in total. The summed E-state index contributed by atoms with van der Waals surface area (Å²) < 4.78 is 11.7. The molecule has 170 valence electrons. The molecule has 1 atom stereocenters. The number of nitrogens with zero attached hydrogens (tertiary/aromatic N) is 2. The number of imidazole rings is 1. The maximum atomic E-state index is 6.21. The van der Waals surface area contributed by atoms with Gasteiger partial charge in [-0.1, -0.05) is 24.3 Å². The number of ether oxygens (including phenoxy) is 2. The molecule has 1 aliphatic heterocycles. The quantitative estimate of drug-likeness (QED) is 0.271. The summed E-state index contributed by atoms with van der Waals surface area (Å²) in [4.78, 5) is 12.8. The minimum atomic E-state index is 0.129. The number of aliphatic imine (C=N–C) groups is 1. The van der Waals surface area contributed by atoms with Gasteiger partial charge in [0.25, 0.3) is 0 Å². The number of benzene rings is 2. The van der Waals surface area contributed by atoms with Gasteiger partial charge in [-0.2, -0.15) is 0 Å². The lowest BCUT2D eigenvalue weighted by atomic mass is 10.1. The van der Waals surface area contributed by atoms with Gasteiger partial charge in [0.15, 0.2) is 5.96 Å². The van der Waals surface area contributed by atoms with Crippen molar-refractivity contribution in [2.45, 2.75) is 45.8 Å². The molecule has 4 rings (SSSR count). The molecule has 1 saturated heterocycles. The van der Waals surface area contributed by atoms with Crippen molar-refractivity contribution in [1.29, 1.82) is 0 Å². The van der Waals surface area contributed by atoms with E-state index in [4.69, 9.17) is 14.5 Å². The van der Waals surface area contributed by atoms with Crippen molar-refractivity contribution in [3.05, 3.63) is 59.4 Å². The molecule has 32 heavy (non-hydrogen) atoms. The highest BCUT2D eigenvalue weighted by atomic mass is 16.5. The zero-order chi connectivity index (χ0) is 22.2. The second-order valence-corrected chi connectivity index (χ2v) is 8.14. The van der Waals surface area contributed by atoms with Gasteiger partial charge in [0.05, 0.1) is 30.8 Å². The Morgan fingerprint density at radius 3 is 2.97 bits per heavy atom. The van der Waals surface area contributed by atoms with Crippen LogP contribution in [0.3, 0.4) is 0 Å². The summed E-state index contributed by atoms with van der Waals surface area (Å²) in [5.41, 5.74) is 4.38. The number of H-pyrrole nitrogens is 1. The minimum Gasteiger partial charge on any atom is -0.488 e. The lowest BCUT2D eigenvalue weighted by molar-refractivity contribution is 0.140. The number of hydrogen-bond acceptors (Lipinski definition) is 4. The molecular weight excluding hydrogens is 402 g/mol. The van der Waals surface area contributed by atoms with E-state index in [2.05, 4.69) is 58.7 Å². The third kappa shape index (κ3) is 6.01. The molecule has 0 saturated carbocycles. The molecule has 1 aliphatic rings. The Balaban J connectivity index is 1.32. The molecule has 1 unspecified atom stereocenters. The van der Waals surface area contributed by atoms with Crippen molar-refractivity contribution in [2.24, 2.45) is 4.99 Å². The summed E-state index contributed by atoms with van der Waals surface area (Å²) in [7, 11) is 0. The third-order valence-electron chi connectivity index (χ3n) is 5.48. The normalized spacial score (nSPS) is 16.4. The average molecular weight is 436 g/mol.